The molecule has 0 unspecified atom stereocenters. The molecule has 0 spiro atoms. The van der Waals surface area contributed by atoms with Gasteiger partial charge in [-0.1, -0.05) is 36.4 Å². The summed E-state index contributed by atoms with van der Waals surface area (Å²) in [4.78, 5) is 0. The summed E-state index contributed by atoms with van der Waals surface area (Å²) in [5, 5.41) is 8.32. The first-order valence-corrected chi connectivity index (χ1v) is 4.12. The third kappa shape index (κ3) is 3.39. The molecule has 0 amide bonds. The average Bonchev–Trinajstić information content (AvgIpc) is 2.16. The van der Waals surface area contributed by atoms with Crippen LogP contribution in [0.3, 0.4) is 0 Å². The highest BCUT2D eigenvalue weighted by Crippen LogP contribution is 2.06. The molecule has 0 bridgehead atoms. The number of hydrogen-bond acceptors (Lipinski definition) is 1. The number of nitrogens with zero attached hydrogens (tertiary/aromatic N) is 1. The summed E-state index contributed by atoms with van der Waals surface area (Å²) in [6.45, 7) is 1.97. The van der Waals surface area contributed by atoms with Gasteiger partial charge >= 0.3 is 0 Å². The molecule has 0 aromatic heterocycles. The van der Waals surface area contributed by atoms with Crippen LogP contribution in [0.25, 0.3) is 6.08 Å². The minimum atomic E-state index is 1.08. The maximum atomic E-state index is 8.32. The van der Waals surface area contributed by atoms with E-state index >= 15 is 0 Å². The first-order valence-electron chi connectivity index (χ1n) is 4.12. The Bertz CT molecular complexity index is 352. The fraction of sp³-hybridized carbons (Fsp3) is 0.0833. The molecule has 64 valence electrons. The molecule has 0 radical (unpaired) electrons. The normalized spacial score (nSPS) is 11.5. The van der Waals surface area contributed by atoms with Crippen LogP contribution in [0.4, 0.5) is 0 Å². The van der Waals surface area contributed by atoms with Gasteiger partial charge in [0.1, 0.15) is 0 Å². The van der Waals surface area contributed by atoms with Crippen LogP contribution in [0.15, 0.2) is 48.1 Å². The van der Waals surface area contributed by atoms with Gasteiger partial charge in [-0.15, -0.1) is 0 Å². The summed E-state index contributed by atoms with van der Waals surface area (Å²) in [5.41, 5.74) is 2.23. The number of benzene rings is 1. The molecule has 13 heavy (non-hydrogen) atoms. The quantitative estimate of drug-likeness (QED) is 0.492. The fourth-order valence-corrected chi connectivity index (χ4v) is 1.03. The van der Waals surface area contributed by atoms with Crippen molar-refractivity contribution in [3.05, 3.63) is 53.6 Å². The number of hydrogen-bond donors (Lipinski definition) is 0. The van der Waals surface area contributed by atoms with E-state index in [4.69, 9.17) is 5.26 Å². The van der Waals surface area contributed by atoms with E-state index in [0.29, 0.717) is 0 Å². The summed E-state index contributed by atoms with van der Waals surface area (Å²) in [6.07, 6.45) is 5.32. The van der Waals surface area contributed by atoms with Crippen LogP contribution in [0.1, 0.15) is 12.5 Å². The monoisotopic (exact) mass is 169 g/mol. The second kappa shape index (κ2) is 4.95. The predicted octanol–water partition coefficient (Wildman–Crippen LogP) is 3.17. The molecule has 1 aromatic rings. The average molecular weight is 169 g/mol. The largest absolute Gasteiger partial charge is 0.193 e. The van der Waals surface area contributed by atoms with Crippen LogP contribution in [0.2, 0.25) is 0 Å². The summed E-state index contributed by atoms with van der Waals surface area (Å²) in [5.74, 6) is 0. The molecular formula is C12H11N. The van der Waals surface area contributed by atoms with Crippen molar-refractivity contribution in [2.75, 3.05) is 0 Å². The van der Waals surface area contributed by atoms with E-state index in [2.05, 4.69) is 0 Å². The topological polar surface area (TPSA) is 23.8 Å². The van der Waals surface area contributed by atoms with Crippen molar-refractivity contribution in [2.45, 2.75) is 6.92 Å². The van der Waals surface area contributed by atoms with Gasteiger partial charge in [0.05, 0.1) is 6.07 Å². The Kier molecular flexibility index (Phi) is 3.53. The molecule has 0 saturated carbocycles. The third-order valence-electron chi connectivity index (χ3n) is 1.61. The Morgan fingerprint density at radius 1 is 1.31 bits per heavy atom. The van der Waals surface area contributed by atoms with Gasteiger partial charge in [-0.2, -0.15) is 5.26 Å². The predicted molar refractivity (Wildman–Crippen MR) is 54.8 cm³/mol. The molecule has 0 aliphatic rings. The Morgan fingerprint density at radius 3 is 2.62 bits per heavy atom. The molecule has 0 aliphatic carbocycles. The van der Waals surface area contributed by atoms with Crippen LogP contribution in [-0.2, 0) is 0 Å². The summed E-state index contributed by atoms with van der Waals surface area (Å²) in [6, 6.07) is 12.0. The Morgan fingerprint density at radius 2 is 2.00 bits per heavy atom. The Balaban J connectivity index is 2.78. The summed E-state index contributed by atoms with van der Waals surface area (Å²) < 4.78 is 0. The van der Waals surface area contributed by atoms with Crippen molar-refractivity contribution in [3.8, 4) is 6.07 Å². The van der Waals surface area contributed by atoms with Gasteiger partial charge in [-0.25, -0.2) is 0 Å². The lowest BCUT2D eigenvalue weighted by Gasteiger charge is -1.93. The SMILES string of the molecule is CC(/C=C/C#N)=C\c1ccccc1. The zero-order valence-corrected chi connectivity index (χ0v) is 7.57. The maximum absolute atomic E-state index is 8.32. The van der Waals surface area contributed by atoms with Crippen LogP contribution < -0.4 is 0 Å². The number of allylic oxidation sites excluding steroid dienone is 3. The zero-order valence-electron chi connectivity index (χ0n) is 7.57. The van der Waals surface area contributed by atoms with Crippen LogP contribution in [0, 0.1) is 11.3 Å². The van der Waals surface area contributed by atoms with Crippen molar-refractivity contribution >= 4 is 6.08 Å². The second-order valence-corrected chi connectivity index (χ2v) is 2.76. The van der Waals surface area contributed by atoms with Crippen LogP contribution >= 0.6 is 0 Å². The molecule has 0 aliphatic heterocycles. The van der Waals surface area contributed by atoms with Gasteiger partial charge in [-0.05, 0) is 24.1 Å². The molecule has 1 nitrogen and oxygen atoms in total. The molecule has 0 saturated heterocycles. The first kappa shape index (κ1) is 9.28. The fourth-order valence-electron chi connectivity index (χ4n) is 1.03. The van der Waals surface area contributed by atoms with E-state index in [0.717, 1.165) is 11.1 Å². The first-order chi connectivity index (χ1) is 6.33. The van der Waals surface area contributed by atoms with Crippen molar-refractivity contribution in [1.29, 1.82) is 5.26 Å². The van der Waals surface area contributed by atoms with Gasteiger partial charge in [0.2, 0.25) is 0 Å². The van der Waals surface area contributed by atoms with E-state index < -0.39 is 0 Å². The van der Waals surface area contributed by atoms with E-state index in [9.17, 15) is 0 Å². The third-order valence-corrected chi connectivity index (χ3v) is 1.61. The second-order valence-electron chi connectivity index (χ2n) is 2.76. The van der Waals surface area contributed by atoms with Crippen LogP contribution in [0.5, 0.6) is 0 Å². The maximum Gasteiger partial charge on any atom is 0.0912 e. The van der Waals surface area contributed by atoms with E-state index in [1.54, 1.807) is 6.08 Å². The lowest BCUT2D eigenvalue weighted by Crippen LogP contribution is -1.71. The van der Waals surface area contributed by atoms with Crippen molar-refractivity contribution < 1.29 is 0 Å². The molecule has 0 fully saturated rings. The zero-order chi connectivity index (χ0) is 9.52. The van der Waals surface area contributed by atoms with Crippen molar-refractivity contribution in [2.24, 2.45) is 0 Å². The lowest BCUT2D eigenvalue weighted by molar-refractivity contribution is 1.51. The highest BCUT2D eigenvalue weighted by atomic mass is 14.2. The summed E-state index contributed by atoms with van der Waals surface area (Å²) >= 11 is 0. The number of rotatable bonds is 2. The smallest absolute Gasteiger partial charge is 0.0912 e. The van der Waals surface area contributed by atoms with Gasteiger partial charge in [0.15, 0.2) is 0 Å². The lowest BCUT2D eigenvalue weighted by atomic mass is 10.1. The molecule has 1 rings (SSSR count). The molecule has 1 aromatic carbocycles. The standard InChI is InChI=1S/C12H11N/c1-11(6-5-9-13)10-12-7-3-2-4-8-12/h2-8,10H,1H3/b6-5+,11-10+. The molecule has 1 heteroatoms. The van der Waals surface area contributed by atoms with Gasteiger partial charge in [-0.3, -0.25) is 0 Å². The molecule has 0 atom stereocenters. The Hall–Kier alpha value is -1.81. The minimum Gasteiger partial charge on any atom is -0.193 e. The van der Waals surface area contributed by atoms with Crippen molar-refractivity contribution in [1.82, 2.24) is 0 Å². The molecule has 0 N–H and O–H groups in total. The van der Waals surface area contributed by atoms with E-state index in [1.807, 2.05) is 49.4 Å². The van der Waals surface area contributed by atoms with E-state index in [1.165, 1.54) is 6.08 Å². The highest BCUT2D eigenvalue weighted by Gasteiger charge is 1.85. The van der Waals surface area contributed by atoms with E-state index in [-0.39, 0.29) is 0 Å². The molecular weight excluding hydrogens is 158 g/mol. The van der Waals surface area contributed by atoms with Crippen LogP contribution in [-0.4, -0.2) is 0 Å². The van der Waals surface area contributed by atoms with Crippen molar-refractivity contribution in [3.63, 3.8) is 0 Å². The van der Waals surface area contributed by atoms with Gasteiger partial charge < -0.3 is 0 Å². The minimum absolute atomic E-state index is 1.08. The number of nitriles is 1. The summed E-state index contributed by atoms with van der Waals surface area (Å²) in [7, 11) is 0. The van der Waals surface area contributed by atoms with Gasteiger partial charge in [0.25, 0.3) is 0 Å². The molecule has 0 heterocycles. The Labute approximate surface area is 78.6 Å². The van der Waals surface area contributed by atoms with Gasteiger partial charge in [0, 0.05) is 6.08 Å². The highest BCUT2D eigenvalue weighted by molar-refractivity contribution is 5.55.